The van der Waals surface area contributed by atoms with Crippen molar-refractivity contribution in [3.63, 3.8) is 0 Å². The molecule has 2 heterocycles. The molecule has 0 bridgehead atoms. The average Bonchev–Trinajstić information content (AvgIpc) is 2.78. The fourth-order valence-electron chi connectivity index (χ4n) is 4.13. The Bertz CT molecular complexity index is 1050. The number of piperazine rings is 1. The minimum Gasteiger partial charge on any atom is -0.493 e. The van der Waals surface area contributed by atoms with Crippen molar-refractivity contribution >= 4 is 22.4 Å². The normalized spacial score (nSPS) is 14.2. The molecule has 3 aromatic rings. The van der Waals surface area contributed by atoms with E-state index in [1.165, 1.54) is 12.1 Å². The van der Waals surface area contributed by atoms with Gasteiger partial charge in [0.05, 0.1) is 39.8 Å². The highest BCUT2D eigenvalue weighted by Crippen LogP contribution is 2.43. The minimum absolute atomic E-state index is 0.207. The lowest BCUT2D eigenvalue weighted by atomic mass is 10.1. The van der Waals surface area contributed by atoms with E-state index in [1.54, 1.807) is 21.3 Å². The van der Waals surface area contributed by atoms with Crippen LogP contribution in [0, 0.1) is 12.7 Å². The van der Waals surface area contributed by atoms with E-state index in [1.807, 2.05) is 18.2 Å². The number of H-pyrrole nitrogens is 1. The molecule has 0 spiro atoms. The standard InChI is InChI=1S/C23H26FN3O3/c1-15-13-20(25-18-14-19(28-2)22(29-3)23(30-4)21(15)18)27-11-9-26(10-12-27)17-7-5-16(24)6-8-17/h5-8,13-14H,9-12H2,1-4H3/p+1. The first kappa shape index (κ1) is 20.1. The molecule has 0 radical (unpaired) electrons. The topological polar surface area (TPSA) is 48.3 Å². The van der Waals surface area contributed by atoms with Gasteiger partial charge in [-0.2, -0.15) is 0 Å². The number of ether oxygens (including phenoxy) is 3. The fraction of sp³-hybridized carbons (Fsp3) is 0.348. The van der Waals surface area contributed by atoms with Crippen LogP contribution in [0.4, 0.5) is 15.9 Å². The van der Waals surface area contributed by atoms with E-state index in [9.17, 15) is 4.39 Å². The maximum atomic E-state index is 13.2. The Morgan fingerprint density at radius 1 is 0.833 bits per heavy atom. The molecule has 1 aliphatic heterocycles. The zero-order valence-electron chi connectivity index (χ0n) is 17.8. The molecule has 1 N–H and O–H groups in total. The predicted molar refractivity (Wildman–Crippen MR) is 116 cm³/mol. The second-order valence-electron chi connectivity index (χ2n) is 7.36. The van der Waals surface area contributed by atoms with E-state index in [4.69, 9.17) is 14.2 Å². The van der Waals surface area contributed by atoms with Gasteiger partial charge in [-0.3, -0.25) is 4.90 Å². The summed E-state index contributed by atoms with van der Waals surface area (Å²) in [4.78, 5) is 8.15. The Morgan fingerprint density at radius 3 is 2.07 bits per heavy atom. The molecule has 2 aromatic carbocycles. The van der Waals surface area contributed by atoms with Crippen LogP contribution in [-0.2, 0) is 0 Å². The summed E-state index contributed by atoms with van der Waals surface area (Å²) in [6, 6.07) is 10.8. The quantitative estimate of drug-likeness (QED) is 0.642. The third-order valence-electron chi connectivity index (χ3n) is 5.65. The van der Waals surface area contributed by atoms with Gasteiger partial charge >= 0.3 is 0 Å². The number of methoxy groups -OCH3 is 3. The summed E-state index contributed by atoms with van der Waals surface area (Å²) < 4.78 is 29.9. The summed E-state index contributed by atoms with van der Waals surface area (Å²) in [5.74, 6) is 2.71. The molecule has 0 atom stereocenters. The van der Waals surface area contributed by atoms with Crippen LogP contribution in [0.5, 0.6) is 17.2 Å². The molecule has 158 valence electrons. The number of pyridine rings is 1. The van der Waals surface area contributed by atoms with Crippen LogP contribution in [-0.4, -0.2) is 47.5 Å². The lowest BCUT2D eigenvalue weighted by Gasteiger charge is -2.32. The Kier molecular flexibility index (Phi) is 5.53. The van der Waals surface area contributed by atoms with Crippen molar-refractivity contribution in [2.45, 2.75) is 6.92 Å². The first-order valence-electron chi connectivity index (χ1n) is 9.96. The van der Waals surface area contributed by atoms with Gasteiger partial charge in [-0.25, -0.2) is 9.37 Å². The van der Waals surface area contributed by atoms with Gasteiger partial charge in [0, 0.05) is 17.8 Å². The summed E-state index contributed by atoms with van der Waals surface area (Å²) in [5, 5.41) is 0.976. The van der Waals surface area contributed by atoms with Crippen molar-refractivity contribution in [1.29, 1.82) is 0 Å². The Morgan fingerprint density at radius 2 is 1.47 bits per heavy atom. The van der Waals surface area contributed by atoms with Crippen molar-refractivity contribution in [3.8, 4) is 17.2 Å². The van der Waals surface area contributed by atoms with Crippen molar-refractivity contribution < 1.29 is 23.6 Å². The maximum Gasteiger partial charge on any atom is 0.275 e. The number of fused-ring (bicyclic) bond motifs is 1. The Hall–Kier alpha value is -3.22. The smallest absolute Gasteiger partial charge is 0.275 e. The van der Waals surface area contributed by atoms with Gasteiger partial charge in [0.25, 0.3) is 5.82 Å². The first-order chi connectivity index (χ1) is 14.5. The number of rotatable bonds is 5. The van der Waals surface area contributed by atoms with Gasteiger partial charge in [0.1, 0.15) is 24.4 Å². The van der Waals surface area contributed by atoms with E-state index >= 15 is 0 Å². The number of halogens is 1. The van der Waals surface area contributed by atoms with Gasteiger partial charge in [0.2, 0.25) is 5.75 Å². The zero-order chi connectivity index (χ0) is 21.3. The van der Waals surface area contributed by atoms with E-state index in [2.05, 4.69) is 27.8 Å². The first-order valence-corrected chi connectivity index (χ1v) is 9.96. The van der Waals surface area contributed by atoms with Crippen molar-refractivity contribution in [2.24, 2.45) is 0 Å². The number of nitrogens with one attached hydrogen (secondary N) is 1. The highest BCUT2D eigenvalue weighted by Gasteiger charge is 2.26. The molecular formula is C23H27FN3O3+. The fourth-order valence-corrected chi connectivity index (χ4v) is 4.13. The molecule has 0 aliphatic carbocycles. The number of aromatic nitrogens is 1. The molecule has 0 saturated carbocycles. The number of benzene rings is 2. The number of hydrogen-bond acceptors (Lipinski definition) is 5. The van der Waals surface area contributed by atoms with Crippen molar-refractivity contribution in [1.82, 2.24) is 0 Å². The monoisotopic (exact) mass is 412 g/mol. The molecule has 4 rings (SSSR count). The van der Waals surface area contributed by atoms with Crippen molar-refractivity contribution in [2.75, 3.05) is 57.3 Å². The van der Waals surface area contributed by atoms with Gasteiger partial charge in [-0.1, -0.05) is 0 Å². The van der Waals surface area contributed by atoms with Gasteiger partial charge < -0.3 is 19.1 Å². The summed E-state index contributed by atoms with van der Waals surface area (Å²) in [6.45, 7) is 5.53. The second-order valence-corrected chi connectivity index (χ2v) is 7.36. The third kappa shape index (κ3) is 3.56. The van der Waals surface area contributed by atoms with Crippen LogP contribution in [0.3, 0.4) is 0 Å². The van der Waals surface area contributed by atoms with E-state index in [0.717, 1.165) is 54.2 Å². The third-order valence-corrected chi connectivity index (χ3v) is 5.65. The van der Waals surface area contributed by atoms with Crippen LogP contribution in [0.2, 0.25) is 0 Å². The molecule has 1 saturated heterocycles. The number of aryl methyl sites for hydroxylation is 1. The summed E-state index contributed by atoms with van der Waals surface area (Å²) >= 11 is 0. The molecule has 1 fully saturated rings. The SMILES string of the molecule is COc1cc2[nH+]c(N3CCN(c4ccc(F)cc4)CC3)cc(C)c2c(OC)c1OC. The van der Waals surface area contributed by atoms with Crippen LogP contribution < -0.4 is 29.0 Å². The molecule has 6 nitrogen and oxygen atoms in total. The largest absolute Gasteiger partial charge is 0.493 e. The Labute approximate surface area is 175 Å². The lowest BCUT2D eigenvalue weighted by Crippen LogP contribution is -2.48. The van der Waals surface area contributed by atoms with E-state index in [0.29, 0.717) is 17.2 Å². The van der Waals surface area contributed by atoms with E-state index in [-0.39, 0.29) is 5.82 Å². The molecular weight excluding hydrogens is 385 g/mol. The van der Waals surface area contributed by atoms with Gasteiger partial charge in [0.15, 0.2) is 11.5 Å². The van der Waals surface area contributed by atoms with E-state index < -0.39 is 0 Å². The molecule has 0 unspecified atom stereocenters. The highest BCUT2D eigenvalue weighted by atomic mass is 19.1. The summed E-state index contributed by atoms with van der Waals surface area (Å²) in [7, 11) is 4.87. The molecule has 1 aromatic heterocycles. The zero-order valence-corrected chi connectivity index (χ0v) is 17.8. The highest BCUT2D eigenvalue weighted by molar-refractivity contribution is 5.91. The molecule has 0 amide bonds. The number of hydrogen-bond donors (Lipinski definition) is 0. The van der Waals surface area contributed by atoms with Gasteiger partial charge in [-0.15, -0.1) is 0 Å². The van der Waals surface area contributed by atoms with Crippen molar-refractivity contribution in [3.05, 3.63) is 47.8 Å². The van der Waals surface area contributed by atoms with Crippen LogP contribution in [0.1, 0.15) is 5.56 Å². The molecule has 30 heavy (non-hydrogen) atoms. The predicted octanol–water partition coefficient (Wildman–Crippen LogP) is 3.45. The molecule has 1 aliphatic rings. The second kappa shape index (κ2) is 8.26. The average molecular weight is 412 g/mol. The number of nitrogens with zero attached hydrogens (tertiary/aromatic N) is 2. The number of anilines is 2. The summed E-state index contributed by atoms with van der Waals surface area (Å²) in [6.07, 6.45) is 0. The Balaban J connectivity index is 1.63. The lowest BCUT2D eigenvalue weighted by molar-refractivity contribution is -0.330. The number of aromatic amines is 1. The minimum atomic E-state index is -0.207. The molecule has 7 heteroatoms. The van der Waals surface area contributed by atoms with Crippen LogP contribution >= 0.6 is 0 Å². The van der Waals surface area contributed by atoms with Crippen LogP contribution in [0.15, 0.2) is 36.4 Å². The maximum absolute atomic E-state index is 13.2. The summed E-state index contributed by atoms with van der Waals surface area (Å²) in [5.41, 5.74) is 3.08. The van der Waals surface area contributed by atoms with Crippen LogP contribution in [0.25, 0.3) is 10.9 Å². The van der Waals surface area contributed by atoms with Gasteiger partial charge in [-0.05, 0) is 36.8 Å².